The summed E-state index contributed by atoms with van der Waals surface area (Å²) in [6.45, 7) is 3.97. The van der Waals surface area contributed by atoms with Crippen LogP contribution in [-0.4, -0.2) is 36.4 Å². The number of carbonyl (C=O) groups is 2. The first kappa shape index (κ1) is 39.9. The summed E-state index contributed by atoms with van der Waals surface area (Å²) in [5.41, 5.74) is 0. The molecule has 0 radical (unpaired) electrons. The van der Waals surface area contributed by atoms with E-state index in [1.807, 2.05) is 0 Å². The van der Waals surface area contributed by atoms with Gasteiger partial charge in [-0.05, 0) is 51.4 Å². The van der Waals surface area contributed by atoms with E-state index in [9.17, 15) is 14.7 Å². The fraction of sp³-hybridized carbons (Fsp3) is 0.730. The highest BCUT2D eigenvalue weighted by molar-refractivity contribution is 5.70. The number of ether oxygens (including phenoxy) is 2. The van der Waals surface area contributed by atoms with Crippen LogP contribution < -0.4 is 0 Å². The molecule has 0 bridgehead atoms. The molecule has 0 aliphatic rings. The van der Waals surface area contributed by atoms with Crippen molar-refractivity contribution in [1.29, 1.82) is 0 Å². The molecule has 0 heterocycles. The van der Waals surface area contributed by atoms with Crippen LogP contribution in [0.4, 0.5) is 0 Å². The van der Waals surface area contributed by atoms with Crippen LogP contribution in [-0.2, 0) is 19.1 Å². The van der Waals surface area contributed by atoms with Crippen molar-refractivity contribution in [2.24, 2.45) is 0 Å². The SMILES string of the molecule is CCC=CCC=CCC=CCC=CCCCCCCC(=O)OC[C@H](CO)OC(=O)CCCCCCCCCCCCC. The van der Waals surface area contributed by atoms with Crippen LogP contribution in [0.2, 0.25) is 0 Å². The lowest BCUT2D eigenvalue weighted by Crippen LogP contribution is -2.28. The van der Waals surface area contributed by atoms with E-state index < -0.39 is 6.10 Å². The Kier molecular flexibility index (Phi) is 31.7. The Balaban J connectivity index is 3.64. The van der Waals surface area contributed by atoms with E-state index in [1.165, 1.54) is 51.4 Å². The monoisotopic (exact) mass is 588 g/mol. The van der Waals surface area contributed by atoms with Gasteiger partial charge in [0.15, 0.2) is 6.10 Å². The molecule has 0 aromatic carbocycles. The van der Waals surface area contributed by atoms with Crippen molar-refractivity contribution in [2.45, 2.75) is 161 Å². The van der Waals surface area contributed by atoms with Gasteiger partial charge in [-0.25, -0.2) is 0 Å². The van der Waals surface area contributed by atoms with Gasteiger partial charge in [-0.15, -0.1) is 0 Å². The quantitative estimate of drug-likeness (QED) is 0.0513. The smallest absolute Gasteiger partial charge is 0.306 e. The van der Waals surface area contributed by atoms with Crippen LogP contribution in [0.25, 0.3) is 0 Å². The first-order valence-electron chi connectivity index (χ1n) is 17.2. The van der Waals surface area contributed by atoms with Crippen LogP contribution in [0.15, 0.2) is 48.6 Å². The number of hydrogen-bond donors (Lipinski definition) is 1. The van der Waals surface area contributed by atoms with Gasteiger partial charge in [0.1, 0.15) is 6.61 Å². The van der Waals surface area contributed by atoms with Crippen LogP contribution >= 0.6 is 0 Å². The molecule has 0 amide bonds. The Hall–Kier alpha value is -2.14. The zero-order valence-electron chi connectivity index (χ0n) is 27.2. The summed E-state index contributed by atoms with van der Waals surface area (Å²) in [4.78, 5) is 24.1. The maximum atomic E-state index is 12.1. The third-order valence-electron chi connectivity index (χ3n) is 7.14. The highest BCUT2D eigenvalue weighted by atomic mass is 16.6. The molecule has 0 aromatic heterocycles. The molecule has 0 fully saturated rings. The number of aliphatic hydroxyl groups is 1. The van der Waals surface area contributed by atoms with E-state index in [4.69, 9.17) is 9.47 Å². The van der Waals surface area contributed by atoms with E-state index in [0.29, 0.717) is 12.8 Å². The molecule has 5 heteroatoms. The lowest BCUT2D eigenvalue weighted by atomic mass is 10.1. The summed E-state index contributed by atoms with van der Waals surface area (Å²) in [6.07, 6.45) is 40.2. The lowest BCUT2D eigenvalue weighted by molar-refractivity contribution is -0.161. The molecule has 0 saturated carbocycles. The van der Waals surface area contributed by atoms with E-state index in [-0.39, 0.29) is 25.2 Å². The minimum absolute atomic E-state index is 0.0782. The van der Waals surface area contributed by atoms with Crippen LogP contribution in [0.5, 0.6) is 0 Å². The maximum absolute atomic E-state index is 12.1. The molecule has 0 aliphatic carbocycles. The summed E-state index contributed by atoms with van der Waals surface area (Å²) >= 11 is 0. The predicted molar refractivity (Wildman–Crippen MR) is 177 cm³/mol. The first-order chi connectivity index (χ1) is 20.6. The van der Waals surface area contributed by atoms with Crippen molar-refractivity contribution >= 4 is 11.9 Å². The minimum atomic E-state index is -0.778. The minimum Gasteiger partial charge on any atom is -0.462 e. The van der Waals surface area contributed by atoms with Gasteiger partial charge in [0.05, 0.1) is 6.61 Å². The van der Waals surface area contributed by atoms with Gasteiger partial charge in [0.2, 0.25) is 0 Å². The lowest BCUT2D eigenvalue weighted by Gasteiger charge is -2.15. The van der Waals surface area contributed by atoms with Gasteiger partial charge >= 0.3 is 11.9 Å². The van der Waals surface area contributed by atoms with Crippen molar-refractivity contribution < 1.29 is 24.2 Å². The van der Waals surface area contributed by atoms with Crippen LogP contribution in [0, 0.1) is 0 Å². The van der Waals surface area contributed by atoms with Gasteiger partial charge in [-0.2, -0.15) is 0 Å². The summed E-state index contributed by atoms with van der Waals surface area (Å²) in [5, 5.41) is 9.50. The third-order valence-corrected chi connectivity index (χ3v) is 7.14. The van der Waals surface area contributed by atoms with Crippen molar-refractivity contribution in [1.82, 2.24) is 0 Å². The molecule has 0 aromatic rings. The maximum Gasteiger partial charge on any atom is 0.306 e. The summed E-state index contributed by atoms with van der Waals surface area (Å²) in [7, 11) is 0. The molecule has 0 saturated heterocycles. The largest absolute Gasteiger partial charge is 0.462 e. The van der Waals surface area contributed by atoms with Gasteiger partial charge in [-0.3, -0.25) is 9.59 Å². The molecule has 0 spiro atoms. The van der Waals surface area contributed by atoms with Gasteiger partial charge in [-0.1, -0.05) is 140 Å². The molecule has 42 heavy (non-hydrogen) atoms. The molecule has 5 nitrogen and oxygen atoms in total. The first-order valence-corrected chi connectivity index (χ1v) is 17.2. The molecule has 0 unspecified atom stereocenters. The number of esters is 2. The summed E-state index contributed by atoms with van der Waals surface area (Å²) < 4.78 is 10.5. The topological polar surface area (TPSA) is 72.8 Å². The van der Waals surface area contributed by atoms with E-state index >= 15 is 0 Å². The molecule has 1 N–H and O–H groups in total. The number of aliphatic hydroxyl groups excluding tert-OH is 1. The zero-order chi connectivity index (χ0) is 30.8. The second-order valence-corrected chi connectivity index (χ2v) is 11.2. The van der Waals surface area contributed by atoms with Crippen LogP contribution in [0.3, 0.4) is 0 Å². The molecular weight excluding hydrogens is 524 g/mol. The number of allylic oxidation sites excluding steroid dienone is 8. The Bertz CT molecular complexity index is 722. The van der Waals surface area contributed by atoms with E-state index in [2.05, 4.69) is 62.5 Å². The van der Waals surface area contributed by atoms with Gasteiger partial charge < -0.3 is 14.6 Å². The number of rotatable bonds is 30. The number of carbonyl (C=O) groups excluding carboxylic acids is 2. The molecule has 0 aliphatic heterocycles. The normalized spacial score (nSPS) is 12.7. The Morgan fingerprint density at radius 2 is 1.02 bits per heavy atom. The van der Waals surface area contributed by atoms with E-state index in [0.717, 1.165) is 77.0 Å². The van der Waals surface area contributed by atoms with Crippen LogP contribution in [0.1, 0.15) is 155 Å². The number of hydrogen-bond acceptors (Lipinski definition) is 5. The fourth-order valence-electron chi connectivity index (χ4n) is 4.54. The van der Waals surface area contributed by atoms with Gasteiger partial charge in [0.25, 0.3) is 0 Å². The molecule has 242 valence electrons. The second kappa shape index (κ2) is 33.4. The van der Waals surface area contributed by atoms with Crippen molar-refractivity contribution in [3.05, 3.63) is 48.6 Å². The average Bonchev–Trinajstić information content (AvgIpc) is 2.99. The van der Waals surface area contributed by atoms with Crippen molar-refractivity contribution in [2.75, 3.05) is 13.2 Å². The second-order valence-electron chi connectivity index (χ2n) is 11.2. The Labute approximate surface area is 258 Å². The van der Waals surface area contributed by atoms with Gasteiger partial charge in [0, 0.05) is 12.8 Å². The van der Waals surface area contributed by atoms with E-state index in [1.54, 1.807) is 0 Å². The Morgan fingerprint density at radius 3 is 1.55 bits per heavy atom. The Morgan fingerprint density at radius 1 is 0.571 bits per heavy atom. The highest BCUT2D eigenvalue weighted by Gasteiger charge is 2.16. The molecular formula is C37H64O5. The molecule has 1 atom stereocenters. The average molecular weight is 589 g/mol. The molecule has 0 rings (SSSR count). The number of unbranched alkanes of at least 4 members (excludes halogenated alkanes) is 14. The standard InChI is InChI=1S/C37H64O5/c1-3-5-7-9-11-13-15-16-17-18-19-20-22-23-25-27-29-31-36(39)41-34-35(33-38)42-37(40)32-30-28-26-24-21-14-12-10-8-6-4-2/h5,7,11,13,16-17,19-20,35,38H,3-4,6,8-10,12,14-15,18,21-34H2,1-2H3/t35-/m0/s1. The third kappa shape index (κ3) is 30.8. The summed E-state index contributed by atoms with van der Waals surface area (Å²) in [6, 6.07) is 0. The van der Waals surface area contributed by atoms with Crippen molar-refractivity contribution in [3.63, 3.8) is 0 Å². The predicted octanol–water partition coefficient (Wildman–Crippen LogP) is 10.3. The highest BCUT2D eigenvalue weighted by Crippen LogP contribution is 2.13. The fourth-order valence-corrected chi connectivity index (χ4v) is 4.54. The summed E-state index contributed by atoms with van der Waals surface area (Å²) in [5.74, 6) is -0.622. The zero-order valence-corrected chi connectivity index (χ0v) is 27.2. The van der Waals surface area contributed by atoms with Crippen molar-refractivity contribution in [3.8, 4) is 0 Å².